The van der Waals surface area contributed by atoms with Gasteiger partial charge in [-0.05, 0) is 51.2 Å². The van der Waals surface area contributed by atoms with Crippen LogP contribution in [0, 0.1) is 0 Å². The minimum absolute atomic E-state index is 0.703. The number of rotatable bonds is 2. The first kappa shape index (κ1) is 13.0. The van der Waals surface area contributed by atoms with Crippen molar-refractivity contribution in [1.82, 2.24) is 4.90 Å². The standard InChI is InChI=1S/C17H26N2/c1-14(2)18-12-9-16(10-13-18)19-11-5-7-15-6-3-4-8-17(15)19/h3-4,6,8,14,16H,5,7,9-13H2,1-2H3. The highest BCUT2D eigenvalue weighted by molar-refractivity contribution is 5.56. The van der Waals surface area contributed by atoms with E-state index in [0.29, 0.717) is 6.04 Å². The van der Waals surface area contributed by atoms with E-state index in [1.807, 2.05) is 0 Å². The van der Waals surface area contributed by atoms with E-state index in [1.165, 1.54) is 51.0 Å². The van der Waals surface area contributed by atoms with Gasteiger partial charge in [-0.15, -0.1) is 0 Å². The van der Waals surface area contributed by atoms with Gasteiger partial charge in [0, 0.05) is 37.4 Å². The van der Waals surface area contributed by atoms with E-state index < -0.39 is 0 Å². The quantitative estimate of drug-likeness (QED) is 0.803. The molecule has 3 rings (SSSR count). The summed E-state index contributed by atoms with van der Waals surface area (Å²) in [5.74, 6) is 0. The second-order valence-corrected chi connectivity index (χ2v) is 6.29. The summed E-state index contributed by atoms with van der Waals surface area (Å²) in [6.07, 6.45) is 5.23. The maximum absolute atomic E-state index is 2.69. The molecule has 0 aliphatic carbocycles. The zero-order valence-corrected chi connectivity index (χ0v) is 12.3. The third-order valence-electron chi connectivity index (χ3n) is 4.82. The molecule has 1 saturated heterocycles. The molecule has 1 aromatic carbocycles. The fraction of sp³-hybridized carbons (Fsp3) is 0.647. The normalized spacial score (nSPS) is 21.7. The Hall–Kier alpha value is -1.02. The van der Waals surface area contributed by atoms with Crippen LogP contribution < -0.4 is 4.90 Å². The zero-order valence-electron chi connectivity index (χ0n) is 12.3. The molecular weight excluding hydrogens is 232 g/mol. The van der Waals surface area contributed by atoms with Crippen LogP contribution in [-0.4, -0.2) is 36.6 Å². The highest BCUT2D eigenvalue weighted by Crippen LogP contribution is 2.31. The lowest BCUT2D eigenvalue weighted by atomic mass is 9.95. The van der Waals surface area contributed by atoms with Crippen LogP contribution in [-0.2, 0) is 6.42 Å². The van der Waals surface area contributed by atoms with Crippen molar-refractivity contribution >= 4 is 5.69 Å². The molecule has 0 unspecified atom stereocenters. The molecule has 0 aromatic heterocycles. The van der Waals surface area contributed by atoms with Crippen molar-refractivity contribution < 1.29 is 0 Å². The largest absolute Gasteiger partial charge is 0.368 e. The highest BCUT2D eigenvalue weighted by Gasteiger charge is 2.28. The van der Waals surface area contributed by atoms with E-state index >= 15 is 0 Å². The van der Waals surface area contributed by atoms with Crippen molar-refractivity contribution in [2.24, 2.45) is 0 Å². The van der Waals surface area contributed by atoms with Gasteiger partial charge in [-0.2, -0.15) is 0 Å². The average Bonchev–Trinajstić information content (AvgIpc) is 2.47. The summed E-state index contributed by atoms with van der Waals surface area (Å²) in [4.78, 5) is 5.31. The number of nitrogens with zero attached hydrogens (tertiary/aromatic N) is 2. The number of hydrogen-bond acceptors (Lipinski definition) is 2. The monoisotopic (exact) mass is 258 g/mol. The number of fused-ring (bicyclic) bond motifs is 1. The van der Waals surface area contributed by atoms with Gasteiger partial charge in [0.1, 0.15) is 0 Å². The second-order valence-electron chi connectivity index (χ2n) is 6.29. The average molecular weight is 258 g/mol. The molecule has 0 radical (unpaired) electrons. The number of hydrogen-bond donors (Lipinski definition) is 0. The van der Waals surface area contributed by atoms with Crippen LogP contribution in [0.15, 0.2) is 24.3 Å². The number of anilines is 1. The SMILES string of the molecule is CC(C)N1CCC(N2CCCc3ccccc32)CC1. The summed E-state index contributed by atoms with van der Waals surface area (Å²) in [6, 6.07) is 10.5. The fourth-order valence-electron chi connectivity index (χ4n) is 3.66. The molecule has 0 atom stereocenters. The first-order chi connectivity index (χ1) is 9.25. The highest BCUT2D eigenvalue weighted by atomic mass is 15.2. The lowest BCUT2D eigenvalue weighted by Gasteiger charge is -2.43. The van der Waals surface area contributed by atoms with Crippen LogP contribution in [0.25, 0.3) is 0 Å². The predicted octanol–water partition coefficient (Wildman–Crippen LogP) is 3.31. The van der Waals surface area contributed by atoms with Crippen LogP contribution in [0.3, 0.4) is 0 Å². The maximum Gasteiger partial charge on any atom is 0.0401 e. The van der Waals surface area contributed by atoms with E-state index in [4.69, 9.17) is 0 Å². The van der Waals surface area contributed by atoms with Crippen LogP contribution in [0.4, 0.5) is 5.69 Å². The Kier molecular flexibility index (Phi) is 3.79. The van der Waals surface area contributed by atoms with Gasteiger partial charge < -0.3 is 9.80 Å². The molecule has 0 N–H and O–H groups in total. The molecule has 1 aromatic rings. The predicted molar refractivity (Wildman–Crippen MR) is 81.8 cm³/mol. The van der Waals surface area contributed by atoms with Crippen molar-refractivity contribution in [3.63, 3.8) is 0 Å². The zero-order chi connectivity index (χ0) is 13.2. The summed E-state index contributed by atoms with van der Waals surface area (Å²) in [5, 5.41) is 0. The maximum atomic E-state index is 2.69. The second kappa shape index (κ2) is 5.54. The van der Waals surface area contributed by atoms with Crippen molar-refractivity contribution in [2.75, 3.05) is 24.5 Å². The lowest BCUT2D eigenvalue weighted by molar-refractivity contribution is 0.169. The molecule has 0 saturated carbocycles. The molecule has 2 nitrogen and oxygen atoms in total. The van der Waals surface area contributed by atoms with E-state index in [1.54, 1.807) is 5.56 Å². The Morgan fingerprint density at radius 3 is 2.53 bits per heavy atom. The molecule has 104 valence electrons. The third kappa shape index (κ3) is 2.64. The van der Waals surface area contributed by atoms with Crippen LogP contribution >= 0.6 is 0 Å². The number of likely N-dealkylation sites (tertiary alicyclic amines) is 1. The van der Waals surface area contributed by atoms with Gasteiger partial charge in [0.25, 0.3) is 0 Å². The number of piperidine rings is 1. The van der Waals surface area contributed by atoms with Crippen molar-refractivity contribution in [3.05, 3.63) is 29.8 Å². The number of aryl methyl sites for hydroxylation is 1. The van der Waals surface area contributed by atoms with E-state index in [2.05, 4.69) is 47.9 Å². The van der Waals surface area contributed by atoms with Gasteiger partial charge >= 0.3 is 0 Å². The Morgan fingerprint density at radius 1 is 1.05 bits per heavy atom. The van der Waals surface area contributed by atoms with E-state index in [9.17, 15) is 0 Å². The van der Waals surface area contributed by atoms with Crippen molar-refractivity contribution in [2.45, 2.75) is 51.6 Å². The fourth-order valence-corrected chi connectivity index (χ4v) is 3.66. The van der Waals surface area contributed by atoms with Crippen LogP contribution in [0.2, 0.25) is 0 Å². The molecule has 2 aliphatic rings. The summed E-state index contributed by atoms with van der Waals surface area (Å²) in [5.41, 5.74) is 3.07. The first-order valence-electron chi connectivity index (χ1n) is 7.84. The Bertz CT molecular complexity index is 419. The minimum atomic E-state index is 0.703. The summed E-state index contributed by atoms with van der Waals surface area (Å²) < 4.78 is 0. The van der Waals surface area contributed by atoms with Crippen LogP contribution in [0.1, 0.15) is 38.7 Å². The molecule has 2 heterocycles. The number of benzene rings is 1. The van der Waals surface area contributed by atoms with Gasteiger partial charge in [0.15, 0.2) is 0 Å². The van der Waals surface area contributed by atoms with Crippen LogP contribution in [0.5, 0.6) is 0 Å². The summed E-state index contributed by atoms with van der Waals surface area (Å²) in [7, 11) is 0. The summed E-state index contributed by atoms with van der Waals surface area (Å²) in [6.45, 7) is 8.42. The molecular formula is C17H26N2. The van der Waals surface area contributed by atoms with Gasteiger partial charge in [-0.3, -0.25) is 0 Å². The third-order valence-corrected chi connectivity index (χ3v) is 4.82. The molecule has 2 heteroatoms. The Labute approximate surface area is 117 Å². The van der Waals surface area contributed by atoms with Gasteiger partial charge in [-0.1, -0.05) is 18.2 Å². The molecule has 1 fully saturated rings. The van der Waals surface area contributed by atoms with Gasteiger partial charge in [0.2, 0.25) is 0 Å². The molecule has 0 bridgehead atoms. The number of para-hydroxylation sites is 1. The van der Waals surface area contributed by atoms with Crippen molar-refractivity contribution in [3.8, 4) is 0 Å². The molecule has 0 spiro atoms. The lowest BCUT2D eigenvalue weighted by Crippen LogP contribution is -2.48. The smallest absolute Gasteiger partial charge is 0.0401 e. The Morgan fingerprint density at radius 2 is 1.79 bits per heavy atom. The van der Waals surface area contributed by atoms with Gasteiger partial charge in [-0.25, -0.2) is 0 Å². The minimum Gasteiger partial charge on any atom is -0.368 e. The van der Waals surface area contributed by atoms with Crippen molar-refractivity contribution in [1.29, 1.82) is 0 Å². The summed E-state index contributed by atoms with van der Waals surface area (Å²) >= 11 is 0. The van der Waals surface area contributed by atoms with E-state index in [-0.39, 0.29) is 0 Å². The van der Waals surface area contributed by atoms with Gasteiger partial charge in [0.05, 0.1) is 0 Å². The molecule has 19 heavy (non-hydrogen) atoms. The molecule has 0 amide bonds. The topological polar surface area (TPSA) is 6.48 Å². The van der Waals surface area contributed by atoms with E-state index in [0.717, 1.165) is 6.04 Å². The first-order valence-corrected chi connectivity index (χ1v) is 7.84. The molecule has 2 aliphatic heterocycles. The Balaban J connectivity index is 1.71.